The third kappa shape index (κ3) is 0.975. The first kappa shape index (κ1) is 7.55. The van der Waals surface area contributed by atoms with E-state index in [2.05, 4.69) is 17.3 Å². The van der Waals surface area contributed by atoms with Crippen LogP contribution in [0.25, 0.3) is 0 Å². The average molecular weight is 164 g/mol. The lowest BCUT2D eigenvalue weighted by Crippen LogP contribution is -2.33. The smallest absolute Gasteiger partial charge is 0.129 e. The molecule has 0 aliphatic heterocycles. The van der Waals surface area contributed by atoms with E-state index in [4.69, 9.17) is 10.3 Å². The Kier molecular flexibility index (Phi) is 1.54. The number of nitrogens with zero attached hydrogens (tertiary/aromatic N) is 1. The van der Waals surface area contributed by atoms with Crippen molar-refractivity contribution in [1.29, 1.82) is 0 Å². The van der Waals surface area contributed by atoms with Gasteiger partial charge in [0.25, 0.3) is 0 Å². The third-order valence-corrected chi connectivity index (χ3v) is 2.42. The van der Waals surface area contributed by atoms with Gasteiger partial charge in [-0.05, 0) is 19.8 Å². The molecular formula is C9H12N2O. The van der Waals surface area contributed by atoms with Crippen molar-refractivity contribution < 1.29 is 4.52 Å². The van der Waals surface area contributed by atoms with Gasteiger partial charge in [0.15, 0.2) is 0 Å². The summed E-state index contributed by atoms with van der Waals surface area (Å²) in [7, 11) is 0. The topological polar surface area (TPSA) is 52.0 Å². The predicted molar refractivity (Wildman–Crippen MR) is 45.5 cm³/mol. The SMILES string of the molecule is Cc1nocc1C1(N)CC=CC1. The van der Waals surface area contributed by atoms with Crippen LogP contribution in [0.3, 0.4) is 0 Å². The molecule has 1 aromatic rings. The maximum absolute atomic E-state index is 6.16. The lowest BCUT2D eigenvalue weighted by atomic mass is 9.89. The van der Waals surface area contributed by atoms with Crippen molar-refractivity contribution in [3.05, 3.63) is 29.7 Å². The molecule has 0 saturated carbocycles. The van der Waals surface area contributed by atoms with E-state index in [1.54, 1.807) is 6.26 Å². The van der Waals surface area contributed by atoms with Gasteiger partial charge >= 0.3 is 0 Å². The van der Waals surface area contributed by atoms with Crippen molar-refractivity contribution in [3.8, 4) is 0 Å². The van der Waals surface area contributed by atoms with Crippen LogP contribution in [0.5, 0.6) is 0 Å². The molecule has 64 valence electrons. The van der Waals surface area contributed by atoms with Crippen LogP contribution >= 0.6 is 0 Å². The van der Waals surface area contributed by atoms with Crippen LogP contribution in [-0.2, 0) is 5.54 Å². The zero-order valence-corrected chi connectivity index (χ0v) is 7.08. The van der Waals surface area contributed by atoms with Crippen molar-refractivity contribution in [2.45, 2.75) is 25.3 Å². The molecule has 0 spiro atoms. The minimum absolute atomic E-state index is 0.260. The Balaban J connectivity index is 2.36. The van der Waals surface area contributed by atoms with Gasteiger partial charge in [0.1, 0.15) is 6.26 Å². The molecule has 0 amide bonds. The summed E-state index contributed by atoms with van der Waals surface area (Å²) >= 11 is 0. The minimum Gasteiger partial charge on any atom is -0.364 e. The number of rotatable bonds is 1. The molecule has 2 rings (SSSR count). The number of nitrogens with two attached hydrogens (primary N) is 1. The van der Waals surface area contributed by atoms with Gasteiger partial charge in [0.2, 0.25) is 0 Å². The Hall–Kier alpha value is -1.09. The quantitative estimate of drug-likeness (QED) is 0.640. The summed E-state index contributed by atoms with van der Waals surface area (Å²) in [6, 6.07) is 0. The molecule has 3 nitrogen and oxygen atoms in total. The fourth-order valence-electron chi connectivity index (χ4n) is 1.66. The predicted octanol–water partition coefficient (Wildman–Crippen LogP) is 1.49. The van der Waals surface area contributed by atoms with Crippen molar-refractivity contribution >= 4 is 0 Å². The first-order valence-electron chi connectivity index (χ1n) is 4.08. The second-order valence-electron chi connectivity index (χ2n) is 3.35. The number of hydrogen-bond donors (Lipinski definition) is 1. The Morgan fingerprint density at radius 1 is 1.50 bits per heavy atom. The minimum atomic E-state index is -0.260. The molecule has 0 radical (unpaired) electrons. The van der Waals surface area contributed by atoms with Crippen LogP contribution in [0.4, 0.5) is 0 Å². The maximum Gasteiger partial charge on any atom is 0.129 e. The van der Waals surface area contributed by atoms with Gasteiger partial charge in [-0.2, -0.15) is 0 Å². The highest BCUT2D eigenvalue weighted by Gasteiger charge is 2.31. The van der Waals surface area contributed by atoms with E-state index in [9.17, 15) is 0 Å². The Morgan fingerprint density at radius 2 is 2.17 bits per heavy atom. The number of aromatic nitrogens is 1. The van der Waals surface area contributed by atoms with Crippen molar-refractivity contribution in [2.75, 3.05) is 0 Å². The summed E-state index contributed by atoms with van der Waals surface area (Å²) in [6.07, 6.45) is 7.63. The number of aryl methyl sites for hydroxylation is 1. The molecule has 12 heavy (non-hydrogen) atoms. The Labute approximate surface area is 71.2 Å². The third-order valence-electron chi connectivity index (χ3n) is 2.42. The lowest BCUT2D eigenvalue weighted by molar-refractivity contribution is 0.409. The van der Waals surface area contributed by atoms with E-state index in [1.165, 1.54) is 0 Å². The normalized spacial score (nSPS) is 20.2. The van der Waals surface area contributed by atoms with E-state index >= 15 is 0 Å². The summed E-state index contributed by atoms with van der Waals surface area (Å²) in [5.41, 5.74) is 7.84. The molecular weight excluding hydrogens is 152 g/mol. The van der Waals surface area contributed by atoms with Gasteiger partial charge in [-0.15, -0.1) is 0 Å². The van der Waals surface area contributed by atoms with Gasteiger partial charge in [-0.1, -0.05) is 17.3 Å². The van der Waals surface area contributed by atoms with E-state index in [0.717, 1.165) is 24.1 Å². The summed E-state index contributed by atoms with van der Waals surface area (Å²) in [6.45, 7) is 1.92. The van der Waals surface area contributed by atoms with Crippen LogP contribution in [0.2, 0.25) is 0 Å². The van der Waals surface area contributed by atoms with E-state index < -0.39 is 0 Å². The monoisotopic (exact) mass is 164 g/mol. The first-order chi connectivity index (χ1) is 5.72. The first-order valence-corrected chi connectivity index (χ1v) is 4.08. The number of hydrogen-bond acceptors (Lipinski definition) is 3. The van der Waals surface area contributed by atoms with Crippen molar-refractivity contribution in [3.63, 3.8) is 0 Å². The standard InChI is InChI=1S/C9H12N2O/c1-7-8(6-12-11-7)9(10)4-2-3-5-9/h2-3,6H,4-5,10H2,1H3. The molecule has 0 atom stereocenters. The second-order valence-corrected chi connectivity index (χ2v) is 3.35. The van der Waals surface area contributed by atoms with E-state index in [-0.39, 0.29) is 5.54 Å². The largest absolute Gasteiger partial charge is 0.364 e. The Morgan fingerprint density at radius 3 is 2.67 bits per heavy atom. The highest BCUT2D eigenvalue weighted by atomic mass is 16.5. The van der Waals surface area contributed by atoms with Crippen LogP contribution in [0.15, 0.2) is 22.9 Å². The maximum atomic E-state index is 6.16. The van der Waals surface area contributed by atoms with Gasteiger partial charge < -0.3 is 10.3 Å². The average Bonchev–Trinajstić information content (AvgIpc) is 2.59. The summed E-state index contributed by atoms with van der Waals surface area (Å²) in [4.78, 5) is 0. The molecule has 1 heterocycles. The van der Waals surface area contributed by atoms with Crippen LogP contribution in [-0.4, -0.2) is 5.16 Å². The van der Waals surface area contributed by atoms with Crippen LogP contribution in [0, 0.1) is 6.92 Å². The van der Waals surface area contributed by atoms with Gasteiger partial charge in [-0.3, -0.25) is 0 Å². The van der Waals surface area contributed by atoms with E-state index in [1.807, 2.05) is 6.92 Å². The molecule has 1 aliphatic carbocycles. The zero-order valence-electron chi connectivity index (χ0n) is 7.08. The molecule has 2 N–H and O–H groups in total. The molecule has 0 bridgehead atoms. The molecule has 0 fully saturated rings. The zero-order chi connectivity index (χ0) is 8.60. The van der Waals surface area contributed by atoms with Crippen molar-refractivity contribution in [1.82, 2.24) is 5.16 Å². The second kappa shape index (κ2) is 2.45. The van der Waals surface area contributed by atoms with Gasteiger partial charge in [0, 0.05) is 5.56 Å². The highest BCUT2D eigenvalue weighted by molar-refractivity contribution is 5.28. The molecule has 3 heteroatoms. The summed E-state index contributed by atoms with van der Waals surface area (Å²) < 4.78 is 4.87. The summed E-state index contributed by atoms with van der Waals surface area (Å²) in [5, 5.41) is 3.82. The molecule has 0 saturated heterocycles. The van der Waals surface area contributed by atoms with Crippen molar-refractivity contribution in [2.24, 2.45) is 5.73 Å². The molecule has 0 aromatic carbocycles. The van der Waals surface area contributed by atoms with E-state index in [0.29, 0.717) is 0 Å². The van der Waals surface area contributed by atoms with Gasteiger partial charge in [-0.25, -0.2) is 0 Å². The van der Waals surface area contributed by atoms with Crippen LogP contribution < -0.4 is 5.73 Å². The molecule has 0 unspecified atom stereocenters. The lowest BCUT2D eigenvalue weighted by Gasteiger charge is -2.21. The Bertz CT molecular complexity index is 306. The fourth-order valence-corrected chi connectivity index (χ4v) is 1.66. The van der Waals surface area contributed by atoms with Gasteiger partial charge in [0.05, 0.1) is 11.2 Å². The van der Waals surface area contributed by atoms with Crippen LogP contribution in [0.1, 0.15) is 24.1 Å². The summed E-state index contributed by atoms with van der Waals surface area (Å²) in [5.74, 6) is 0. The molecule has 1 aliphatic rings. The highest BCUT2D eigenvalue weighted by Crippen LogP contribution is 2.32. The molecule has 1 aromatic heterocycles. The fraction of sp³-hybridized carbons (Fsp3) is 0.444.